The van der Waals surface area contributed by atoms with Gasteiger partial charge in [-0.05, 0) is 12.1 Å². The van der Waals surface area contributed by atoms with Crippen LogP contribution in [0.15, 0.2) is 36.8 Å². The number of piperidine rings is 1. The van der Waals surface area contributed by atoms with E-state index in [9.17, 15) is 0 Å². The molecule has 9 heteroatoms. The van der Waals surface area contributed by atoms with E-state index in [-0.39, 0.29) is 5.82 Å². The standard InChI is InChI=1S/C21H20FN5O3/c22-17-10-15(26-6-3-21(4-7-26)29-8-9-30-21)11-24-19(17)27-12-14-13-28-20-16(18(14)25-27)2-1-5-23-20/h1-2,5,10-12H,3-4,6-9,13H2. The Morgan fingerprint density at radius 1 is 1.10 bits per heavy atom. The van der Waals surface area contributed by atoms with Crippen LogP contribution in [0.1, 0.15) is 18.4 Å². The van der Waals surface area contributed by atoms with Crippen LogP contribution in [0, 0.1) is 5.82 Å². The molecule has 0 atom stereocenters. The molecule has 6 heterocycles. The third kappa shape index (κ3) is 2.85. The van der Waals surface area contributed by atoms with Gasteiger partial charge in [-0.2, -0.15) is 5.10 Å². The number of fused-ring (bicyclic) bond motifs is 3. The van der Waals surface area contributed by atoms with E-state index in [2.05, 4.69) is 20.0 Å². The SMILES string of the molecule is Fc1cc(N2CCC3(CC2)OCCO3)cnc1-n1cc2c(n1)-c1cccnc1OC2. The number of pyridine rings is 2. The van der Waals surface area contributed by atoms with Gasteiger partial charge in [-0.3, -0.25) is 0 Å². The molecule has 30 heavy (non-hydrogen) atoms. The zero-order chi connectivity index (χ0) is 20.1. The average molecular weight is 409 g/mol. The Balaban J connectivity index is 1.26. The molecule has 3 aliphatic heterocycles. The minimum absolute atomic E-state index is 0.162. The van der Waals surface area contributed by atoms with Crippen LogP contribution in [0.3, 0.4) is 0 Å². The predicted molar refractivity (Wildman–Crippen MR) is 105 cm³/mol. The van der Waals surface area contributed by atoms with Crippen molar-refractivity contribution in [3.05, 3.63) is 48.2 Å². The molecule has 0 saturated carbocycles. The Labute approximate surface area is 172 Å². The van der Waals surface area contributed by atoms with Gasteiger partial charge in [0.1, 0.15) is 12.3 Å². The summed E-state index contributed by atoms with van der Waals surface area (Å²) in [5.74, 6) is -0.177. The number of hydrogen-bond acceptors (Lipinski definition) is 7. The van der Waals surface area contributed by atoms with Gasteiger partial charge in [0.2, 0.25) is 5.88 Å². The highest BCUT2D eigenvalue weighted by Crippen LogP contribution is 2.36. The first-order chi connectivity index (χ1) is 14.7. The van der Waals surface area contributed by atoms with Crippen molar-refractivity contribution in [3.8, 4) is 23.0 Å². The summed E-state index contributed by atoms with van der Waals surface area (Å²) >= 11 is 0. The first kappa shape index (κ1) is 17.8. The molecule has 0 aromatic carbocycles. The van der Waals surface area contributed by atoms with Crippen molar-refractivity contribution in [2.24, 2.45) is 0 Å². The van der Waals surface area contributed by atoms with Crippen LogP contribution in [0.25, 0.3) is 17.1 Å². The normalized spacial score (nSPS) is 19.4. The topological polar surface area (TPSA) is 74.5 Å². The van der Waals surface area contributed by atoms with E-state index < -0.39 is 11.6 Å². The van der Waals surface area contributed by atoms with Crippen LogP contribution < -0.4 is 9.64 Å². The number of ether oxygens (including phenoxy) is 3. The van der Waals surface area contributed by atoms with E-state index in [1.807, 2.05) is 12.1 Å². The van der Waals surface area contributed by atoms with Gasteiger partial charge in [-0.15, -0.1) is 0 Å². The van der Waals surface area contributed by atoms with Gasteiger partial charge in [0.15, 0.2) is 17.4 Å². The highest BCUT2D eigenvalue weighted by atomic mass is 19.1. The molecule has 0 bridgehead atoms. The van der Waals surface area contributed by atoms with Crippen LogP contribution in [0.4, 0.5) is 10.1 Å². The molecule has 0 N–H and O–H groups in total. The predicted octanol–water partition coefficient (Wildman–Crippen LogP) is 2.70. The highest BCUT2D eigenvalue weighted by molar-refractivity contribution is 5.69. The van der Waals surface area contributed by atoms with E-state index in [1.54, 1.807) is 18.6 Å². The molecule has 2 fully saturated rings. The second-order valence-electron chi connectivity index (χ2n) is 7.69. The minimum atomic E-state index is -0.455. The number of anilines is 1. The van der Waals surface area contributed by atoms with Gasteiger partial charge in [-0.1, -0.05) is 0 Å². The largest absolute Gasteiger partial charge is 0.472 e. The molecule has 154 valence electrons. The average Bonchev–Trinajstić information content (AvgIpc) is 3.41. The lowest BCUT2D eigenvalue weighted by molar-refractivity contribution is -0.169. The molecule has 8 nitrogen and oxygen atoms in total. The van der Waals surface area contributed by atoms with E-state index in [0.717, 1.165) is 48.4 Å². The molecule has 0 amide bonds. The number of nitrogens with zero attached hydrogens (tertiary/aromatic N) is 5. The summed E-state index contributed by atoms with van der Waals surface area (Å²) in [5.41, 5.74) is 3.17. The van der Waals surface area contributed by atoms with Gasteiger partial charge in [-0.25, -0.2) is 19.0 Å². The molecule has 1 spiro atoms. The summed E-state index contributed by atoms with van der Waals surface area (Å²) in [7, 11) is 0. The van der Waals surface area contributed by atoms with Crippen molar-refractivity contribution in [2.45, 2.75) is 25.2 Å². The molecule has 6 rings (SSSR count). The third-order valence-corrected chi connectivity index (χ3v) is 5.91. The maximum absolute atomic E-state index is 15.0. The molecular weight excluding hydrogens is 389 g/mol. The number of aromatic nitrogens is 4. The lowest BCUT2D eigenvalue weighted by Gasteiger charge is -2.38. The summed E-state index contributed by atoms with van der Waals surface area (Å²) in [4.78, 5) is 10.7. The molecule has 3 aromatic rings. The van der Waals surface area contributed by atoms with Crippen LogP contribution >= 0.6 is 0 Å². The third-order valence-electron chi connectivity index (χ3n) is 5.91. The van der Waals surface area contributed by atoms with E-state index in [4.69, 9.17) is 14.2 Å². The Kier molecular flexibility index (Phi) is 4.00. The van der Waals surface area contributed by atoms with Gasteiger partial charge in [0, 0.05) is 50.0 Å². The van der Waals surface area contributed by atoms with Crippen molar-refractivity contribution in [2.75, 3.05) is 31.2 Å². The summed E-state index contributed by atoms with van der Waals surface area (Å²) in [5, 5.41) is 4.56. The van der Waals surface area contributed by atoms with E-state index in [1.165, 1.54) is 10.7 Å². The van der Waals surface area contributed by atoms with Crippen molar-refractivity contribution in [3.63, 3.8) is 0 Å². The molecular formula is C21H20FN5O3. The number of rotatable bonds is 2. The summed E-state index contributed by atoms with van der Waals surface area (Å²) in [6.45, 7) is 3.10. The van der Waals surface area contributed by atoms with Crippen LogP contribution in [-0.4, -0.2) is 51.8 Å². The molecule has 3 aromatic heterocycles. The van der Waals surface area contributed by atoms with Gasteiger partial charge in [0.05, 0.1) is 30.7 Å². The van der Waals surface area contributed by atoms with Crippen molar-refractivity contribution < 1.29 is 18.6 Å². The fourth-order valence-electron chi connectivity index (χ4n) is 4.34. The quantitative estimate of drug-likeness (QED) is 0.644. The maximum atomic E-state index is 15.0. The molecule has 2 saturated heterocycles. The lowest BCUT2D eigenvalue weighted by atomic mass is 10.0. The number of halogens is 1. The fourth-order valence-corrected chi connectivity index (χ4v) is 4.34. The van der Waals surface area contributed by atoms with Gasteiger partial charge < -0.3 is 19.1 Å². The zero-order valence-corrected chi connectivity index (χ0v) is 16.3. The Bertz CT molecular complexity index is 1100. The Morgan fingerprint density at radius 3 is 2.73 bits per heavy atom. The molecule has 0 unspecified atom stereocenters. The van der Waals surface area contributed by atoms with Crippen molar-refractivity contribution in [1.82, 2.24) is 19.7 Å². The summed E-state index contributed by atoms with van der Waals surface area (Å²) < 4.78 is 33.7. The minimum Gasteiger partial charge on any atom is -0.472 e. The maximum Gasteiger partial charge on any atom is 0.223 e. The lowest BCUT2D eigenvalue weighted by Crippen LogP contribution is -2.45. The van der Waals surface area contributed by atoms with E-state index in [0.29, 0.717) is 25.7 Å². The second-order valence-corrected chi connectivity index (χ2v) is 7.69. The fraction of sp³-hybridized carbons (Fsp3) is 0.381. The second kappa shape index (κ2) is 6.75. The van der Waals surface area contributed by atoms with Gasteiger partial charge in [0.25, 0.3) is 0 Å². The van der Waals surface area contributed by atoms with Crippen LogP contribution in [0.5, 0.6) is 5.88 Å². The first-order valence-electron chi connectivity index (χ1n) is 10.1. The zero-order valence-electron chi connectivity index (χ0n) is 16.3. The smallest absolute Gasteiger partial charge is 0.223 e. The molecule has 0 aliphatic carbocycles. The van der Waals surface area contributed by atoms with Crippen LogP contribution in [0.2, 0.25) is 0 Å². The van der Waals surface area contributed by atoms with E-state index >= 15 is 4.39 Å². The first-order valence-corrected chi connectivity index (χ1v) is 10.1. The van der Waals surface area contributed by atoms with Crippen LogP contribution in [-0.2, 0) is 16.1 Å². The summed E-state index contributed by atoms with van der Waals surface area (Å²) in [6.07, 6.45) is 6.65. The highest BCUT2D eigenvalue weighted by Gasteiger charge is 2.40. The van der Waals surface area contributed by atoms with Crippen molar-refractivity contribution in [1.29, 1.82) is 0 Å². The molecule has 0 radical (unpaired) electrons. The Morgan fingerprint density at radius 2 is 1.93 bits per heavy atom. The monoisotopic (exact) mass is 409 g/mol. The number of hydrogen-bond donors (Lipinski definition) is 0. The van der Waals surface area contributed by atoms with Gasteiger partial charge >= 0.3 is 0 Å². The van der Waals surface area contributed by atoms with Crippen molar-refractivity contribution >= 4 is 5.69 Å². The Hall–Kier alpha value is -3.04. The summed E-state index contributed by atoms with van der Waals surface area (Å²) in [6, 6.07) is 5.24. The molecule has 3 aliphatic rings.